The van der Waals surface area contributed by atoms with Crippen LogP contribution in [0, 0.1) is 5.92 Å². The minimum Gasteiger partial charge on any atom is -0.370 e. The van der Waals surface area contributed by atoms with Crippen LogP contribution >= 0.6 is 0 Å². The lowest BCUT2D eigenvalue weighted by molar-refractivity contribution is -0.136. The number of nitrogens with one attached hydrogen (secondary N) is 2. The smallest absolute Gasteiger partial charge is 0.313 e. The van der Waals surface area contributed by atoms with Crippen LogP contribution in [0.25, 0.3) is 0 Å². The van der Waals surface area contributed by atoms with Crippen molar-refractivity contribution in [3.8, 4) is 0 Å². The zero-order chi connectivity index (χ0) is 22.1. The van der Waals surface area contributed by atoms with Crippen LogP contribution < -0.4 is 20.4 Å². The number of carbonyl (C=O) groups excluding carboxylic acids is 3. The lowest BCUT2D eigenvalue weighted by Crippen LogP contribution is -2.41. The monoisotopic (exact) mass is 433 g/mol. The molecule has 32 heavy (non-hydrogen) atoms. The summed E-state index contributed by atoms with van der Waals surface area (Å²) in [5, 5.41) is 5.54. The number of aromatic nitrogens is 1. The lowest BCUT2D eigenvalue weighted by atomic mass is 9.96. The third-order valence-corrected chi connectivity index (χ3v) is 6.69. The summed E-state index contributed by atoms with van der Waals surface area (Å²) in [5.41, 5.74) is 4.87. The Morgan fingerprint density at radius 3 is 2.56 bits per heavy atom. The second-order valence-corrected chi connectivity index (χ2v) is 8.74. The van der Waals surface area contributed by atoms with Crippen molar-refractivity contribution in [2.75, 3.05) is 41.3 Å². The average Bonchev–Trinajstić information content (AvgIpc) is 3.26. The number of nitrogens with zero attached hydrogens (tertiary/aromatic N) is 3. The maximum absolute atomic E-state index is 12.4. The minimum atomic E-state index is -0.647. The van der Waals surface area contributed by atoms with Gasteiger partial charge in [-0.1, -0.05) is 0 Å². The summed E-state index contributed by atoms with van der Waals surface area (Å²) >= 11 is 0. The van der Waals surface area contributed by atoms with E-state index in [1.54, 1.807) is 6.20 Å². The van der Waals surface area contributed by atoms with Crippen molar-refractivity contribution in [1.82, 2.24) is 10.3 Å². The Labute approximate surface area is 187 Å². The Morgan fingerprint density at radius 2 is 1.81 bits per heavy atom. The first-order valence-electron chi connectivity index (χ1n) is 11.3. The van der Waals surface area contributed by atoms with Crippen LogP contribution in [-0.4, -0.2) is 48.9 Å². The Kier molecular flexibility index (Phi) is 5.51. The second-order valence-electron chi connectivity index (χ2n) is 8.74. The van der Waals surface area contributed by atoms with Crippen LogP contribution in [0.2, 0.25) is 0 Å². The Morgan fingerprint density at radius 1 is 1.03 bits per heavy atom. The number of aryl methyl sites for hydroxylation is 1. The molecular weight excluding hydrogens is 406 g/mol. The highest BCUT2D eigenvalue weighted by molar-refractivity contribution is 6.39. The molecule has 1 aromatic heterocycles. The number of amides is 3. The molecule has 0 aliphatic carbocycles. The van der Waals surface area contributed by atoms with Gasteiger partial charge in [0.25, 0.3) is 0 Å². The quantitative estimate of drug-likeness (QED) is 0.718. The predicted molar refractivity (Wildman–Crippen MR) is 122 cm³/mol. The topological polar surface area (TPSA) is 94.6 Å². The fourth-order valence-corrected chi connectivity index (χ4v) is 4.97. The number of piperidine rings is 1. The van der Waals surface area contributed by atoms with E-state index in [0.717, 1.165) is 54.9 Å². The van der Waals surface area contributed by atoms with Crippen molar-refractivity contribution >= 4 is 34.8 Å². The number of pyridine rings is 1. The van der Waals surface area contributed by atoms with Gasteiger partial charge in [-0.3, -0.25) is 19.4 Å². The van der Waals surface area contributed by atoms with Crippen LogP contribution in [0.4, 0.5) is 17.1 Å². The molecule has 0 spiro atoms. The molecule has 8 nitrogen and oxygen atoms in total. The largest absolute Gasteiger partial charge is 0.370 e. The summed E-state index contributed by atoms with van der Waals surface area (Å²) in [5.74, 6) is -0.733. The summed E-state index contributed by atoms with van der Waals surface area (Å²) in [6.45, 7) is 3.02. The minimum absolute atomic E-state index is 0.165. The first kappa shape index (κ1) is 20.5. The molecule has 3 amide bonds. The van der Waals surface area contributed by atoms with E-state index in [9.17, 15) is 14.4 Å². The van der Waals surface area contributed by atoms with Crippen LogP contribution in [0.5, 0.6) is 0 Å². The average molecular weight is 434 g/mol. The number of hydrogen-bond donors (Lipinski definition) is 2. The van der Waals surface area contributed by atoms with Crippen molar-refractivity contribution in [3.05, 3.63) is 47.8 Å². The summed E-state index contributed by atoms with van der Waals surface area (Å²) in [6, 6.07) is 7.77. The van der Waals surface area contributed by atoms with Crippen LogP contribution in [-0.2, 0) is 27.2 Å². The van der Waals surface area contributed by atoms with Gasteiger partial charge < -0.3 is 20.4 Å². The van der Waals surface area contributed by atoms with Gasteiger partial charge in [0, 0.05) is 44.5 Å². The molecule has 166 valence electrons. The molecule has 0 saturated carbocycles. The highest BCUT2D eigenvalue weighted by Crippen LogP contribution is 2.38. The summed E-state index contributed by atoms with van der Waals surface area (Å²) in [4.78, 5) is 45.2. The highest BCUT2D eigenvalue weighted by atomic mass is 16.2. The molecule has 1 aromatic carbocycles. The van der Waals surface area contributed by atoms with E-state index in [-0.39, 0.29) is 5.91 Å². The lowest BCUT2D eigenvalue weighted by Gasteiger charge is -2.33. The molecule has 1 fully saturated rings. The van der Waals surface area contributed by atoms with Gasteiger partial charge >= 0.3 is 11.8 Å². The van der Waals surface area contributed by atoms with Crippen LogP contribution in [0.1, 0.15) is 30.4 Å². The summed E-state index contributed by atoms with van der Waals surface area (Å²) < 4.78 is 0. The molecule has 5 rings (SSSR count). The van der Waals surface area contributed by atoms with E-state index in [0.29, 0.717) is 37.5 Å². The van der Waals surface area contributed by atoms with Crippen molar-refractivity contribution in [1.29, 1.82) is 0 Å². The van der Waals surface area contributed by atoms with E-state index in [1.807, 2.05) is 29.3 Å². The van der Waals surface area contributed by atoms with Gasteiger partial charge in [-0.05, 0) is 67.0 Å². The Bertz CT molecular complexity index is 1050. The third-order valence-electron chi connectivity index (χ3n) is 6.69. The first-order chi connectivity index (χ1) is 15.6. The normalized spacial score (nSPS) is 17.8. The standard InChI is InChI=1S/C24H27N5O3/c30-21-4-3-17-12-19(13-18-7-11-29(21)22(17)18)27-24(32)23(31)26-14-16-5-9-28(10-6-16)20-2-1-8-25-15-20/h1-2,8,12-13,15-16H,3-7,9-11,14H2,(H,26,31)(H,27,32). The van der Waals surface area contributed by atoms with Gasteiger partial charge in [0.2, 0.25) is 5.91 Å². The fraction of sp³-hybridized carbons (Fsp3) is 0.417. The Hall–Kier alpha value is -3.42. The highest BCUT2D eigenvalue weighted by Gasteiger charge is 2.31. The SMILES string of the molecule is O=C(NCC1CCN(c2cccnc2)CC1)C(=O)Nc1cc2c3c(c1)CCN3C(=O)CC2. The van der Waals surface area contributed by atoms with Gasteiger partial charge in [0.1, 0.15) is 0 Å². The van der Waals surface area contributed by atoms with E-state index >= 15 is 0 Å². The molecule has 0 unspecified atom stereocenters. The summed E-state index contributed by atoms with van der Waals surface area (Å²) in [6.07, 6.45) is 7.50. The van der Waals surface area contributed by atoms with Crippen LogP contribution in [0.3, 0.4) is 0 Å². The molecule has 3 aliphatic heterocycles. The first-order valence-corrected chi connectivity index (χ1v) is 11.3. The Balaban J connectivity index is 1.12. The molecule has 0 atom stereocenters. The van der Waals surface area contributed by atoms with Crippen molar-refractivity contribution in [2.24, 2.45) is 5.92 Å². The van der Waals surface area contributed by atoms with Gasteiger partial charge in [-0.15, -0.1) is 0 Å². The van der Waals surface area contributed by atoms with Crippen molar-refractivity contribution in [3.63, 3.8) is 0 Å². The molecule has 2 aromatic rings. The molecule has 3 aliphatic rings. The maximum Gasteiger partial charge on any atom is 0.313 e. The molecular formula is C24H27N5O3. The molecule has 4 heterocycles. The number of hydrogen-bond acceptors (Lipinski definition) is 5. The maximum atomic E-state index is 12.4. The van der Waals surface area contributed by atoms with E-state index < -0.39 is 11.8 Å². The van der Waals surface area contributed by atoms with E-state index in [1.165, 1.54) is 0 Å². The number of carbonyl (C=O) groups is 3. The molecule has 0 radical (unpaired) electrons. The predicted octanol–water partition coefficient (Wildman–Crippen LogP) is 1.89. The van der Waals surface area contributed by atoms with E-state index in [4.69, 9.17) is 0 Å². The van der Waals surface area contributed by atoms with Gasteiger partial charge in [-0.25, -0.2) is 0 Å². The molecule has 2 N–H and O–H groups in total. The van der Waals surface area contributed by atoms with E-state index in [2.05, 4.69) is 26.6 Å². The molecule has 8 heteroatoms. The fourth-order valence-electron chi connectivity index (χ4n) is 4.97. The number of anilines is 3. The van der Waals surface area contributed by atoms with Gasteiger partial charge in [0.15, 0.2) is 0 Å². The summed E-state index contributed by atoms with van der Waals surface area (Å²) in [7, 11) is 0. The van der Waals surface area contributed by atoms with Crippen molar-refractivity contribution < 1.29 is 14.4 Å². The van der Waals surface area contributed by atoms with Gasteiger partial charge in [-0.2, -0.15) is 0 Å². The number of rotatable bonds is 4. The van der Waals surface area contributed by atoms with Crippen molar-refractivity contribution in [2.45, 2.75) is 32.1 Å². The number of benzene rings is 1. The second kappa shape index (κ2) is 8.61. The zero-order valence-electron chi connectivity index (χ0n) is 18.0. The zero-order valence-corrected chi connectivity index (χ0v) is 18.0. The molecule has 1 saturated heterocycles. The molecule has 0 bridgehead atoms. The van der Waals surface area contributed by atoms with Crippen LogP contribution in [0.15, 0.2) is 36.7 Å². The van der Waals surface area contributed by atoms with Gasteiger partial charge in [0.05, 0.1) is 17.6 Å². The third kappa shape index (κ3) is 4.04.